The lowest BCUT2D eigenvalue weighted by atomic mass is 9.96. The second-order valence-corrected chi connectivity index (χ2v) is 5.89. The van der Waals surface area contributed by atoms with Crippen LogP contribution in [0.2, 0.25) is 0 Å². The molecule has 0 aromatic heterocycles. The van der Waals surface area contributed by atoms with Crippen molar-refractivity contribution in [3.05, 3.63) is 71.8 Å². The highest BCUT2D eigenvalue weighted by Crippen LogP contribution is 2.19. The van der Waals surface area contributed by atoms with Gasteiger partial charge in [0.2, 0.25) is 0 Å². The Hall–Kier alpha value is -2.42. The van der Waals surface area contributed by atoms with Gasteiger partial charge >= 0.3 is 0 Å². The first kappa shape index (κ1) is 15.5. The third-order valence-electron chi connectivity index (χ3n) is 4.19. The highest BCUT2D eigenvalue weighted by molar-refractivity contribution is 6.12. The van der Waals surface area contributed by atoms with Gasteiger partial charge in [-0.1, -0.05) is 79.9 Å². The van der Waals surface area contributed by atoms with Gasteiger partial charge in [-0.15, -0.1) is 0 Å². The second kappa shape index (κ2) is 8.28. The zero-order chi connectivity index (χ0) is 15.7. The highest BCUT2D eigenvalue weighted by Gasteiger charge is 2.10. The Morgan fingerprint density at radius 3 is 1.96 bits per heavy atom. The van der Waals surface area contributed by atoms with E-state index in [1.165, 1.54) is 32.1 Å². The molecule has 0 saturated heterocycles. The molecule has 3 rings (SSSR count). The summed E-state index contributed by atoms with van der Waals surface area (Å²) in [5, 5.41) is 4.57. The minimum Gasteiger partial charge on any atom is -0.271 e. The molecule has 1 N–H and O–H groups in total. The van der Waals surface area contributed by atoms with Crippen molar-refractivity contribution in [3.63, 3.8) is 0 Å². The van der Waals surface area contributed by atoms with Gasteiger partial charge < -0.3 is 0 Å². The molecule has 23 heavy (non-hydrogen) atoms. The summed E-state index contributed by atoms with van der Waals surface area (Å²) >= 11 is 0. The molecular formula is C20H23N3. The Balaban J connectivity index is 1.74. The van der Waals surface area contributed by atoms with Crippen molar-refractivity contribution in [2.24, 2.45) is 10.1 Å². The van der Waals surface area contributed by atoms with Crippen LogP contribution in [0.4, 0.5) is 0 Å². The van der Waals surface area contributed by atoms with E-state index in [9.17, 15) is 0 Å². The molecule has 0 amide bonds. The van der Waals surface area contributed by atoms with E-state index in [4.69, 9.17) is 0 Å². The van der Waals surface area contributed by atoms with Crippen LogP contribution in [0.5, 0.6) is 0 Å². The molecule has 0 aliphatic heterocycles. The number of nitrogens with zero attached hydrogens (tertiary/aromatic N) is 2. The fourth-order valence-electron chi connectivity index (χ4n) is 2.95. The molecule has 1 fully saturated rings. The minimum absolute atomic E-state index is 0.461. The van der Waals surface area contributed by atoms with E-state index >= 15 is 0 Å². The molecule has 3 nitrogen and oxygen atoms in total. The van der Waals surface area contributed by atoms with E-state index in [-0.39, 0.29) is 0 Å². The lowest BCUT2D eigenvalue weighted by Crippen LogP contribution is -2.15. The van der Waals surface area contributed by atoms with Crippen LogP contribution in [-0.4, -0.2) is 18.1 Å². The second-order valence-electron chi connectivity index (χ2n) is 5.89. The molecule has 0 atom stereocenters. The maximum Gasteiger partial charge on any atom is 0.103 e. The molecule has 0 unspecified atom stereocenters. The molecule has 0 radical (unpaired) electrons. The normalized spacial score (nSPS) is 15.5. The van der Waals surface area contributed by atoms with Gasteiger partial charge in [-0.25, -0.2) is 0 Å². The molecule has 1 saturated carbocycles. The zero-order valence-corrected chi connectivity index (χ0v) is 13.4. The number of benzene rings is 2. The summed E-state index contributed by atoms with van der Waals surface area (Å²) in [7, 11) is 0. The molecular weight excluding hydrogens is 282 g/mol. The molecule has 2 aromatic rings. The number of hydrazone groups is 1. The van der Waals surface area contributed by atoms with Gasteiger partial charge in [-0.2, -0.15) is 5.10 Å². The third kappa shape index (κ3) is 4.52. The number of nitrogens with one attached hydrogen (secondary N) is 1. The number of hydrogen-bond donors (Lipinski definition) is 1. The van der Waals surface area contributed by atoms with Crippen molar-refractivity contribution in [2.45, 2.75) is 38.1 Å². The topological polar surface area (TPSA) is 36.8 Å². The molecule has 1 aliphatic rings. The monoisotopic (exact) mass is 305 g/mol. The molecule has 3 heteroatoms. The summed E-state index contributed by atoms with van der Waals surface area (Å²) in [5.74, 6) is 0. The van der Waals surface area contributed by atoms with Crippen molar-refractivity contribution in [3.8, 4) is 0 Å². The summed E-state index contributed by atoms with van der Waals surface area (Å²) in [6, 6.07) is 20.9. The molecule has 0 heterocycles. The standard InChI is InChI=1S/C20H23N3/c1-4-10-17(11-5-1)20(18-12-6-2-7-13-18)23-22-16-21-19-14-8-3-9-15-19/h1-2,4-7,10-13,16,19H,3,8-9,14-15H2,(H,21,22). The average Bonchev–Trinajstić information content (AvgIpc) is 2.64. The molecule has 118 valence electrons. The maximum atomic E-state index is 4.60. The Bertz CT molecular complexity index is 600. The number of rotatable bonds is 5. The molecule has 2 aromatic carbocycles. The largest absolute Gasteiger partial charge is 0.271 e. The van der Waals surface area contributed by atoms with E-state index in [1.54, 1.807) is 6.34 Å². The maximum absolute atomic E-state index is 4.60. The van der Waals surface area contributed by atoms with E-state index in [0.29, 0.717) is 6.04 Å². The first-order valence-corrected chi connectivity index (χ1v) is 8.39. The lowest BCUT2D eigenvalue weighted by Gasteiger charge is -2.16. The highest BCUT2D eigenvalue weighted by atomic mass is 15.3. The van der Waals surface area contributed by atoms with Crippen LogP contribution in [0.3, 0.4) is 0 Å². The summed E-state index contributed by atoms with van der Waals surface area (Å²) in [6.07, 6.45) is 8.10. The summed E-state index contributed by atoms with van der Waals surface area (Å²) in [6.45, 7) is 0. The summed E-state index contributed by atoms with van der Waals surface area (Å²) < 4.78 is 0. The van der Waals surface area contributed by atoms with Crippen LogP contribution in [0.1, 0.15) is 43.2 Å². The van der Waals surface area contributed by atoms with Gasteiger partial charge in [0, 0.05) is 11.1 Å². The zero-order valence-electron chi connectivity index (χ0n) is 13.4. The first-order chi connectivity index (χ1) is 11.4. The van der Waals surface area contributed by atoms with Crippen molar-refractivity contribution >= 4 is 12.1 Å². The van der Waals surface area contributed by atoms with Gasteiger partial charge in [0.15, 0.2) is 0 Å². The van der Waals surface area contributed by atoms with Gasteiger partial charge in [-0.05, 0) is 12.8 Å². The predicted molar refractivity (Wildman–Crippen MR) is 97.0 cm³/mol. The smallest absolute Gasteiger partial charge is 0.103 e. The number of hydrogen-bond acceptors (Lipinski definition) is 2. The Kier molecular flexibility index (Phi) is 5.57. The summed E-state index contributed by atoms with van der Waals surface area (Å²) in [4.78, 5) is 4.60. The molecule has 0 spiro atoms. The van der Waals surface area contributed by atoms with E-state index in [1.807, 2.05) is 36.4 Å². The van der Waals surface area contributed by atoms with Gasteiger partial charge in [-0.3, -0.25) is 10.4 Å². The van der Waals surface area contributed by atoms with Crippen LogP contribution in [-0.2, 0) is 0 Å². The quantitative estimate of drug-likeness (QED) is 0.496. The Morgan fingerprint density at radius 1 is 0.826 bits per heavy atom. The van der Waals surface area contributed by atoms with E-state index in [2.05, 4.69) is 39.8 Å². The average molecular weight is 305 g/mol. The minimum atomic E-state index is 0.461. The predicted octanol–water partition coefficient (Wildman–Crippen LogP) is 4.39. The molecule has 1 aliphatic carbocycles. The first-order valence-electron chi connectivity index (χ1n) is 8.39. The van der Waals surface area contributed by atoms with Crippen LogP contribution >= 0.6 is 0 Å². The van der Waals surface area contributed by atoms with Crippen LogP contribution in [0.25, 0.3) is 0 Å². The van der Waals surface area contributed by atoms with Gasteiger partial charge in [0.05, 0.1) is 11.8 Å². The van der Waals surface area contributed by atoms with Crippen LogP contribution in [0.15, 0.2) is 70.8 Å². The van der Waals surface area contributed by atoms with Crippen LogP contribution < -0.4 is 5.43 Å². The Morgan fingerprint density at radius 2 is 1.39 bits per heavy atom. The lowest BCUT2D eigenvalue weighted by molar-refractivity contribution is 0.443. The fourth-order valence-corrected chi connectivity index (χ4v) is 2.95. The SMILES string of the molecule is C(=NC1CCCCC1)NN=C(c1ccccc1)c1ccccc1. The Labute approximate surface area is 138 Å². The summed E-state index contributed by atoms with van der Waals surface area (Å²) in [5.41, 5.74) is 6.15. The van der Waals surface area contributed by atoms with Crippen molar-refractivity contribution < 1.29 is 0 Å². The van der Waals surface area contributed by atoms with Crippen molar-refractivity contribution in [1.82, 2.24) is 5.43 Å². The third-order valence-corrected chi connectivity index (χ3v) is 4.19. The van der Waals surface area contributed by atoms with Crippen LogP contribution in [0, 0.1) is 0 Å². The van der Waals surface area contributed by atoms with Crippen molar-refractivity contribution in [1.29, 1.82) is 0 Å². The van der Waals surface area contributed by atoms with E-state index < -0.39 is 0 Å². The molecule has 0 bridgehead atoms. The van der Waals surface area contributed by atoms with Gasteiger partial charge in [0.25, 0.3) is 0 Å². The number of aliphatic imine (C=N–C) groups is 1. The van der Waals surface area contributed by atoms with Crippen molar-refractivity contribution in [2.75, 3.05) is 0 Å². The van der Waals surface area contributed by atoms with E-state index in [0.717, 1.165) is 16.8 Å². The van der Waals surface area contributed by atoms with Gasteiger partial charge in [0.1, 0.15) is 6.34 Å². The fraction of sp³-hybridized carbons (Fsp3) is 0.300.